The topological polar surface area (TPSA) is 37.3 Å². The van der Waals surface area contributed by atoms with Crippen molar-refractivity contribution in [1.82, 2.24) is 0 Å². The summed E-state index contributed by atoms with van der Waals surface area (Å²) >= 11 is 0.750. The Balaban J connectivity index is -0.0000000133. The Morgan fingerprint density at radius 1 is 1.40 bits per heavy atom. The molecule has 0 radical (unpaired) electrons. The fourth-order valence-electron chi connectivity index (χ4n) is 0. The predicted molar refractivity (Wildman–Crippen MR) is 15.2 cm³/mol. The van der Waals surface area contributed by atoms with Crippen LogP contribution in [0.3, 0.4) is 0 Å². The van der Waals surface area contributed by atoms with Gasteiger partial charge in [0.15, 0.2) is 0 Å². The van der Waals surface area contributed by atoms with Crippen LogP contribution in [-0.2, 0) is 23.7 Å². The molecule has 31 valence electrons. The summed E-state index contributed by atoms with van der Waals surface area (Å²) in [4.78, 5) is 0. The number of rotatable bonds is 0. The quantitative estimate of drug-likeness (QED) is 0.351. The van der Waals surface area contributed by atoms with Gasteiger partial charge in [0.1, 0.15) is 0 Å². The Morgan fingerprint density at radius 3 is 1.40 bits per heavy atom. The van der Waals surface area contributed by atoms with Crippen LogP contribution in [0.5, 0.6) is 0 Å². The number of hydrogen-bond donors (Lipinski definition) is 1. The number of aliphatic hydroxyl groups is 1. The third kappa shape index (κ3) is 122. The third-order valence-corrected chi connectivity index (χ3v) is 0. The molecule has 0 unspecified atom stereocenters. The average Bonchev–Trinajstić information content (AvgIpc) is 1.50. The summed E-state index contributed by atoms with van der Waals surface area (Å²) in [5.74, 6) is 0. The SMILES string of the molecule is CO.[CH3-].[O]=[Ti+]. The number of aliphatic hydroxyl groups excluding tert-OH is 1. The van der Waals surface area contributed by atoms with Crippen LogP contribution in [0.1, 0.15) is 0 Å². The van der Waals surface area contributed by atoms with Gasteiger partial charge in [0.2, 0.25) is 0 Å². The Bertz CT molecular complexity index is 7.61. The second-order valence-electron chi connectivity index (χ2n) is 0. The van der Waals surface area contributed by atoms with Crippen molar-refractivity contribution in [3.05, 3.63) is 7.43 Å². The van der Waals surface area contributed by atoms with Crippen LogP contribution in [-0.4, -0.2) is 12.2 Å². The first-order chi connectivity index (χ1) is 2.00. The molecule has 0 aliphatic carbocycles. The predicted octanol–water partition coefficient (Wildman–Crippen LogP) is -0.0625. The Morgan fingerprint density at radius 2 is 1.40 bits per heavy atom. The molecule has 0 aromatic carbocycles. The van der Waals surface area contributed by atoms with E-state index in [2.05, 4.69) is 0 Å². The van der Waals surface area contributed by atoms with Crippen LogP contribution in [0.25, 0.3) is 0 Å². The summed E-state index contributed by atoms with van der Waals surface area (Å²) in [5, 5.41) is 7.00. The van der Waals surface area contributed by atoms with Gasteiger partial charge in [-0.3, -0.25) is 0 Å². The minimum absolute atomic E-state index is 0. The Kier molecular flexibility index (Phi) is 860. The summed E-state index contributed by atoms with van der Waals surface area (Å²) in [7, 11) is 1.00. The zero-order chi connectivity index (χ0) is 4.00. The first-order valence-electron chi connectivity index (χ1n) is 0.651. The van der Waals surface area contributed by atoms with Gasteiger partial charge in [-0.25, -0.2) is 0 Å². The van der Waals surface area contributed by atoms with E-state index in [1.807, 2.05) is 0 Å². The molecule has 1 N–H and O–H groups in total. The molecule has 0 saturated carbocycles. The van der Waals surface area contributed by atoms with Crippen molar-refractivity contribution in [2.75, 3.05) is 7.11 Å². The van der Waals surface area contributed by atoms with Gasteiger partial charge in [-0.05, 0) is 0 Å². The van der Waals surface area contributed by atoms with Gasteiger partial charge in [0.05, 0.1) is 0 Å². The van der Waals surface area contributed by atoms with Crippen LogP contribution in [0.2, 0.25) is 0 Å². The number of hydrogen-bond acceptors (Lipinski definition) is 2. The van der Waals surface area contributed by atoms with Crippen molar-refractivity contribution >= 4 is 0 Å². The first-order valence-corrected chi connectivity index (χ1v) is 1.29. The van der Waals surface area contributed by atoms with Gasteiger partial charge < -0.3 is 12.5 Å². The van der Waals surface area contributed by atoms with Crippen molar-refractivity contribution in [2.24, 2.45) is 0 Å². The summed E-state index contributed by atoms with van der Waals surface area (Å²) in [6.45, 7) is 0. The van der Waals surface area contributed by atoms with E-state index in [1.54, 1.807) is 0 Å². The Hall–Kier alpha value is 0.474. The molecule has 0 fully saturated rings. The molecule has 3 heteroatoms. The normalized spacial score (nSPS) is 2.40. The molecule has 0 aliphatic rings. The van der Waals surface area contributed by atoms with Crippen molar-refractivity contribution in [1.29, 1.82) is 0 Å². The van der Waals surface area contributed by atoms with E-state index in [0.29, 0.717) is 0 Å². The van der Waals surface area contributed by atoms with E-state index in [4.69, 9.17) is 8.43 Å². The summed E-state index contributed by atoms with van der Waals surface area (Å²) in [6, 6.07) is 0. The van der Waals surface area contributed by atoms with Crippen LogP contribution >= 0.6 is 0 Å². The van der Waals surface area contributed by atoms with Crippen molar-refractivity contribution in [3.63, 3.8) is 0 Å². The zero-order valence-electron chi connectivity index (χ0n) is 3.36. The van der Waals surface area contributed by atoms with E-state index in [1.165, 1.54) is 0 Å². The van der Waals surface area contributed by atoms with E-state index < -0.39 is 0 Å². The molecule has 2 nitrogen and oxygen atoms in total. The standard InChI is InChI=1S/CH4O.CH3.O.Ti/c1-2;;;/h2H,1H3;1H3;;/q;-1;;+1. The van der Waals surface area contributed by atoms with Gasteiger partial charge in [-0.2, -0.15) is 0 Å². The van der Waals surface area contributed by atoms with Crippen molar-refractivity contribution in [2.45, 2.75) is 0 Å². The van der Waals surface area contributed by atoms with Gasteiger partial charge >= 0.3 is 23.7 Å². The van der Waals surface area contributed by atoms with Crippen molar-refractivity contribution < 1.29 is 28.8 Å². The molecule has 0 bridgehead atoms. The molecule has 5 heavy (non-hydrogen) atoms. The maximum absolute atomic E-state index is 8.25. The fraction of sp³-hybridized carbons (Fsp3) is 0.500. The van der Waals surface area contributed by atoms with E-state index in [9.17, 15) is 0 Å². The second-order valence-corrected chi connectivity index (χ2v) is 0. The molecule has 0 aliphatic heterocycles. The first kappa shape index (κ1) is 17.9. The second kappa shape index (κ2) is 240. The molecule has 0 aromatic heterocycles. The van der Waals surface area contributed by atoms with Gasteiger partial charge in [-0.1, -0.05) is 0 Å². The van der Waals surface area contributed by atoms with E-state index in [-0.39, 0.29) is 7.43 Å². The third-order valence-electron chi connectivity index (χ3n) is 0. The van der Waals surface area contributed by atoms with Gasteiger partial charge in [0, 0.05) is 7.11 Å². The molecular weight excluding hydrogens is 104 g/mol. The van der Waals surface area contributed by atoms with Gasteiger partial charge in [-0.15, -0.1) is 0 Å². The summed E-state index contributed by atoms with van der Waals surface area (Å²) in [5.41, 5.74) is 0. The van der Waals surface area contributed by atoms with Crippen LogP contribution < -0.4 is 0 Å². The molecule has 0 saturated heterocycles. The molecule has 0 heterocycles. The molecule has 0 rings (SSSR count). The fourth-order valence-corrected chi connectivity index (χ4v) is 0. The molecule has 0 atom stereocenters. The van der Waals surface area contributed by atoms with Crippen LogP contribution in [0.15, 0.2) is 0 Å². The van der Waals surface area contributed by atoms with Crippen LogP contribution in [0.4, 0.5) is 0 Å². The van der Waals surface area contributed by atoms with Crippen LogP contribution in [0, 0.1) is 7.43 Å². The molecule has 0 amide bonds. The van der Waals surface area contributed by atoms with E-state index >= 15 is 0 Å². The summed E-state index contributed by atoms with van der Waals surface area (Å²) in [6.07, 6.45) is 0. The average molecular weight is 111 g/mol. The van der Waals surface area contributed by atoms with E-state index in [0.717, 1.165) is 27.5 Å². The molecule has 0 spiro atoms. The van der Waals surface area contributed by atoms with Gasteiger partial charge in [0.25, 0.3) is 0 Å². The zero-order valence-corrected chi connectivity index (χ0v) is 4.92. The summed E-state index contributed by atoms with van der Waals surface area (Å²) < 4.78 is 8.25. The van der Waals surface area contributed by atoms with Crippen molar-refractivity contribution in [3.8, 4) is 0 Å². The Labute approximate surface area is 43.9 Å². The molecule has 0 aromatic rings. The maximum atomic E-state index is 8.25. The monoisotopic (exact) mass is 111 g/mol. The molecular formula is C2H7O2Ti. The minimum atomic E-state index is 0.